The number of nitrogens with zero attached hydrogens (tertiary/aromatic N) is 2. The van der Waals surface area contributed by atoms with Crippen LogP contribution in [0.15, 0.2) is 53.4 Å². The second-order valence-corrected chi connectivity index (χ2v) is 9.61. The Morgan fingerprint density at radius 2 is 1.45 bits per heavy atom. The van der Waals surface area contributed by atoms with Gasteiger partial charge in [0.05, 0.1) is 4.90 Å². The van der Waals surface area contributed by atoms with Gasteiger partial charge in [-0.2, -0.15) is 4.31 Å². The van der Waals surface area contributed by atoms with E-state index in [1.54, 1.807) is 40.5 Å². The first-order valence-electron chi connectivity index (χ1n) is 10.4. The molecule has 0 N–H and O–H groups in total. The lowest BCUT2D eigenvalue weighted by molar-refractivity contribution is 0.0785. The highest BCUT2D eigenvalue weighted by molar-refractivity contribution is 7.89. The van der Waals surface area contributed by atoms with E-state index >= 15 is 0 Å². The first-order chi connectivity index (χ1) is 13.9. The molecule has 2 aromatic carbocycles. The van der Waals surface area contributed by atoms with Crippen molar-refractivity contribution in [3.8, 4) is 0 Å². The summed E-state index contributed by atoms with van der Waals surface area (Å²) in [7, 11) is -1.73. The zero-order valence-corrected chi connectivity index (χ0v) is 18.1. The summed E-state index contributed by atoms with van der Waals surface area (Å²) in [5, 5.41) is 0. The van der Waals surface area contributed by atoms with Crippen LogP contribution in [0.4, 0.5) is 0 Å². The van der Waals surface area contributed by atoms with Crippen LogP contribution in [0.25, 0.3) is 0 Å². The lowest BCUT2D eigenvalue weighted by Crippen LogP contribution is -2.32. The predicted molar refractivity (Wildman–Crippen MR) is 115 cm³/mol. The topological polar surface area (TPSA) is 57.7 Å². The largest absolute Gasteiger partial charge is 0.337 e. The third kappa shape index (κ3) is 5.25. The number of aryl methyl sites for hydroxylation is 1. The van der Waals surface area contributed by atoms with E-state index in [0.29, 0.717) is 25.2 Å². The summed E-state index contributed by atoms with van der Waals surface area (Å²) >= 11 is 0. The van der Waals surface area contributed by atoms with Gasteiger partial charge >= 0.3 is 0 Å². The summed E-state index contributed by atoms with van der Waals surface area (Å²) in [4.78, 5) is 14.7. The fourth-order valence-corrected chi connectivity index (χ4v) is 5.16. The third-order valence-corrected chi connectivity index (χ3v) is 7.41. The van der Waals surface area contributed by atoms with E-state index in [4.69, 9.17) is 0 Å². The molecule has 1 heterocycles. The molecule has 1 aliphatic rings. The van der Waals surface area contributed by atoms with Crippen molar-refractivity contribution in [2.75, 3.05) is 20.1 Å². The molecule has 156 valence electrons. The summed E-state index contributed by atoms with van der Waals surface area (Å²) in [6.07, 6.45) is 4.95. The van der Waals surface area contributed by atoms with Gasteiger partial charge in [-0.3, -0.25) is 4.79 Å². The van der Waals surface area contributed by atoms with Crippen LogP contribution in [0.5, 0.6) is 0 Å². The Balaban J connectivity index is 1.68. The number of amides is 1. The fourth-order valence-electron chi connectivity index (χ4n) is 3.65. The molecule has 0 bridgehead atoms. The van der Waals surface area contributed by atoms with Gasteiger partial charge in [0, 0.05) is 32.2 Å². The number of hydrogen-bond donors (Lipinski definition) is 0. The number of hydrogen-bond acceptors (Lipinski definition) is 3. The molecule has 1 saturated heterocycles. The minimum atomic E-state index is -3.49. The SMILES string of the molecule is CCc1ccc(CN(C)C(=O)c2ccc(S(=O)(=O)N3CCCCCC3)cc2)cc1. The van der Waals surface area contributed by atoms with Crippen molar-refractivity contribution in [1.29, 1.82) is 0 Å². The van der Waals surface area contributed by atoms with Gasteiger partial charge in [0.15, 0.2) is 0 Å². The van der Waals surface area contributed by atoms with Crippen molar-refractivity contribution in [3.05, 3.63) is 65.2 Å². The number of rotatable bonds is 6. The molecule has 0 aromatic heterocycles. The van der Waals surface area contributed by atoms with Crippen LogP contribution in [0.3, 0.4) is 0 Å². The van der Waals surface area contributed by atoms with Crippen molar-refractivity contribution in [3.63, 3.8) is 0 Å². The zero-order chi connectivity index (χ0) is 20.9. The Morgan fingerprint density at radius 1 is 0.897 bits per heavy atom. The Kier molecular flexibility index (Phi) is 7.09. The van der Waals surface area contributed by atoms with Crippen molar-refractivity contribution in [2.45, 2.75) is 50.5 Å². The van der Waals surface area contributed by atoms with Gasteiger partial charge in [0.1, 0.15) is 0 Å². The fraction of sp³-hybridized carbons (Fsp3) is 0.435. The molecule has 0 atom stereocenters. The minimum absolute atomic E-state index is 0.122. The molecule has 0 spiro atoms. The average Bonchev–Trinajstić information content (AvgIpc) is 3.04. The van der Waals surface area contributed by atoms with E-state index < -0.39 is 10.0 Å². The second-order valence-electron chi connectivity index (χ2n) is 7.67. The molecule has 0 saturated carbocycles. The van der Waals surface area contributed by atoms with Crippen LogP contribution >= 0.6 is 0 Å². The second kappa shape index (κ2) is 9.55. The van der Waals surface area contributed by atoms with Crippen LogP contribution in [0, 0.1) is 0 Å². The standard InChI is InChI=1S/C23H30N2O3S/c1-3-19-8-10-20(11-9-19)18-24(2)23(26)21-12-14-22(15-13-21)29(27,28)25-16-6-4-5-7-17-25/h8-15H,3-7,16-18H2,1-2H3. The number of carbonyl (C=O) groups is 1. The highest BCUT2D eigenvalue weighted by Gasteiger charge is 2.25. The molecule has 1 aliphatic heterocycles. The molecule has 6 heteroatoms. The van der Waals surface area contributed by atoms with Gasteiger partial charge < -0.3 is 4.90 Å². The lowest BCUT2D eigenvalue weighted by atomic mass is 10.1. The lowest BCUT2D eigenvalue weighted by Gasteiger charge is -2.20. The molecule has 5 nitrogen and oxygen atoms in total. The summed E-state index contributed by atoms with van der Waals surface area (Å²) in [6.45, 7) is 3.77. The molecule has 0 radical (unpaired) electrons. The first kappa shape index (κ1) is 21.5. The molecular weight excluding hydrogens is 384 g/mol. The highest BCUT2D eigenvalue weighted by atomic mass is 32.2. The van der Waals surface area contributed by atoms with E-state index in [9.17, 15) is 13.2 Å². The van der Waals surface area contributed by atoms with Gasteiger partial charge in [-0.05, 0) is 54.7 Å². The third-order valence-electron chi connectivity index (χ3n) is 5.50. The Labute approximate surface area is 174 Å². The number of carbonyl (C=O) groups excluding carboxylic acids is 1. The quantitative estimate of drug-likeness (QED) is 0.715. The Hall–Kier alpha value is -2.18. The van der Waals surface area contributed by atoms with Crippen LogP contribution in [-0.4, -0.2) is 43.7 Å². The smallest absolute Gasteiger partial charge is 0.253 e. The van der Waals surface area contributed by atoms with Gasteiger partial charge in [-0.25, -0.2) is 8.42 Å². The van der Waals surface area contributed by atoms with Gasteiger partial charge in [-0.15, -0.1) is 0 Å². The van der Waals surface area contributed by atoms with Crippen molar-refractivity contribution in [2.24, 2.45) is 0 Å². The van der Waals surface area contributed by atoms with E-state index in [2.05, 4.69) is 19.1 Å². The van der Waals surface area contributed by atoms with Crippen LogP contribution in [0.2, 0.25) is 0 Å². The number of sulfonamides is 1. The van der Waals surface area contributed by atoms with Crippen LogP contribution in [-0.2, 0) is 23.0 Å². The molecule has 0 aliphatic carbocycles. The number of benzene rings is 2. The highest BCUT2D eigenvalue weighted by Crippen LogP contribution is 2.21. The van der Waals surface area contributed by atoms with Crippen molar-refractivity contribution in [1.82, 2.24) is 9.21 Å². The van der Waals surface area contributed by atoms with Gasteiger partial charge in [0.2, 0.25) is 10.0 Å². The molecular formula is C23H30N2O3S. The Bertz CT molecular complexity index is 914. The zero-order valence-electron chi connectivity index (χ0n) is 17.3. The van der Waals surface area contributed by atoms with Gasteiger partial charge in [-0.1, -0.05) is 44.0 Å². The molecule has 1 fully saturated rings. The van der Waals surface area contributed by atoms with E-state index in [1.807, 2.05) is 12.1 Å². The summed E-state index contributed by atoms with van der Waals surface area (Å²) in [5.74, 6) is -0.122. The van der Waals surface area contributed by atoms with E-state index in [0.717, 1.165) is 37.7 Å². The van der Waals surface area contributed by atoms with Crippen LogP contribution < -0.4 is 0 Å². The van der Waals surface area contributed by atoms with Gasteiger partial charge in [0.25, 0.3) is 5.91 Å². The van der Waals surface area contributed by atoms with Crippen molar-refractivity contribution < 1.29 is 13.2 Å². The first-order valence-corrected chi connectivity index (χ1v) is 11.8. The Morgan fingerprint density at radius 3 is 2.00 bits per heavy atom. The summed E-state index contributed by atoms with van der Waals surface area (Å²) < 4.78 is 27.3. The maximum atomic E-state index is 12.9. The predicted octanol–water partition coefficient (Wildman–Crippen LogP) is 4.09. The summed E-state index contributed by atoms with van der Waals surface area (Å²) in [6, 6.07) is 14.6. The average molecular weight is 415 g/mol. The van der Waals surface area contributed by atoms with Crippen LogP contribution in [0.1, 0.15) is 54.1 Å². The maximum Gasteiger partial charge on any atom is 0.253 e. The monoisotopic (exact) mass is 414 g/mol. The maximum absolute atomic E-state index is 12.9. The van der Waals surface area contributed by atoms with Crippen molar-refractivity contribution >= 4 is 15.9 Å². The van der Waals surface area contributed by atoms with E-state index in [1.165, 1.54) is 5.56 Å². The molecule has 1 amide bonds. The molecule has 0 unspecified atom stereocenters. The molecule has 2 aromatic rings. The molecule has 29 heavy (non-hydrogen) atoms. The minimum Gasteiger partial charge on any atom is -0.337 e. The summed E-state index contributed by atoms with van der Waals surface area (Å²) in [5.41, 5.74) is 2.83. The molecule has 3 rings (SSSR count). The van der Waals surface area contributed by atoms with E-state index in [-0.39, 0.29) is 10.8 Å². The normalized spacial score (nSPS) is 15.7.